The first-order valence-corrected chi connectivity index (χ1v) is 9.15. The fraction of sp³-hybridized carbons (Fsp3) is 0.227. The van der Waals surface area contributed by atoms with Crippen LogP contribution in [0.3, 0.4) is 0 Å². The van der Waals surface area contributed by atoms with Crippen molar-refractivity contribution in [2.45, 2.75) is 26.3 Å². The van der Waals surface area contributed by atoms with Gasteiger partial charge in [-0.3, -0.25) is 4.79 Å². The molecule has 0 aliphatic carbocycles. The zero-order chi connectivity index (χ0) is 19.9. The summed E-state index contributed by atoms with van der Waals surface area (Å²) < 4.78 is 5.15. The number of methoxy groups -OCH3 is 1. The SMILES string of the molecule is COc1ccc(CNc2cnc(C(=O)Nc3ccc(C(C)C)cc3)cn2)cc1. The summed E-state index contributed by atoms with van der Waals surface area (Å²) in [6, 6.07) is 15.6. The second-order valence-corrected chi connectivity index (χ2v) is 6.72. The van der Waals surface area contributed by atoms with Gasteiger partial charge in [0.05, 0.1) is 19.5 Å². The van der Waals surface area contributed by atoms with Gasteiger partial charge in [-0.15, -0.1) is 0 Å². The van der Waals surface area contributed by atoms with Gasteiger partial charge in [-0.2, -0.15) is 0 Å². The van der Waals surface area contributed by atoms with Crippen LogP contribution in [-0.2, 0) is 6.54 Å². The number of carbonyl (C=O) groups excluding carboxylic acids is 1. The first-order valence-electron chi connectivity index (χ1n) is 9.15. The van der Waals surface area contributed by atoms with Crippen LogP contribution in [0.25, 0.3) is 0 Å². The largest absolute Gasteiger partial charge is 0.497 e. The number of carbonyl (C=O) groups is 1. The van der Waals surface area contributed by atoms with Crippen molar-refractivity contribution < 1.29 is 9.53 Å². The number of nitrogens with one attached hydrogen (secondary N) is 2. The minimum Gasteiger partial charge on any atom is -0.497 e. The van der Waals surface area contributed by atoms with Gasteiger partial charge in [0, 0.05) is 12.2 Å². The number of hydrogen-bond acceptors (Lipinski definition) is 5. The van der Waals surface area contributed by atoms with Crippen molar-refractivity contribution in [1.29, 1.82) is 0 Å². The van der Waals surface area contributed by atoms with Crippen LogP contribution in [-0.4, -0.2) is 23.0 Å². The minimum atomic E-state index is -0.286. The van der Waals surface area contributed by atoms with Crippen LogP contribution in [0.1, 0.15) is 41.4 Å². The van der Waals surface area contributed by atoms with E-state index in [-0.39, 0.29) is 11.6 Å². The number of hydrogen-bond donors (Lipinski definition) is 2. The summed E-state index contributed by atoms with van der Waals surface area (Å²) in [5, 5.41) is 6.02. The highest BCUT2D eigenvalue weighted by Gasteiger charge is 2.09. The second-order valence-electron chi connectivity index (χ2n) is 6.72. The van der Waals surface area contributed by atoms with Gasteiger partial charge in [0.2, 0.25) is 0 Å². The van der Waals surface area contributed by atoms with Crippen LogP contribution >= 0.6 is 0 Å². The highest BCUT2D eigenvalue weighted by atomic mass is 16.5. The van der Waals surface area contributed by atoms with Crippen molar-refractivity contribution in [2.24, 2.45) is 0 Å². The molecular formula is C22H24N4O2. The summed E-state index contributed by atoms with van der Waals surface area (Å²) in [5.41, 5.74) is 3.32. The molecule has 2 N–H and O–H groups in total. The monoisotopic (exact) mass is 376 g/mol. The van der Waals surface area contributed by atoms with E-state index in [0.717, 1.165) is 17.0 Å². The molecule has 1 aromatic heterocycles. The number of aromatic nitrogens is 2. The summed E-state index contributed by atoms with van der Waals surface area (Å²) in [7, 11) is 1.64. The maximum absolute atomic E-state index is 12.3. The summed E-state index contributed by atoms with van der Waals surface area (Å²) in [5.74, 6) is 1.59. The molecule has 0 saturated heterocycles. The van der Waals surface area contributed by atoms with Crippen LogP contribution in [0.15, 0.2) is 60.9 Å². The molecule has 3 aromatic rings. The lowest BCUT2D eigenvalue weighted by atomic mass is 10.0. The van der Waals surface area contributed by atoms with E-state index in [0.29, 0.717) is 18.3 Å². The predicted molar refractivity (Wildman–Crippen MR) is 111 cm³/mol. The van der Waals surface area contributed by atoms with E-state index in [1.165, 1.54) is 11.8 Å². The molecule has 28 heavy (non-hydrogen) atoms. The van der Waals surface area contributed by atoms with Crippen LogP contribution < -0.4 is 15.4 Å². The van der Waals surface area contributed by atoms with E-state index < -0.39 is 0 Å². The number of nitrogens with zero attached hydrogens (tertiary/aromatic N) is 2. The molecule has 3 rings (SSSR count). The van der Waals surface area contributed by atoms with Crippen molar-refractivity contribution in [1.82, 2.24) is 9.97 Å². The Bertz CT molecular complexity index is 905. The van der Waals surface area contributed by atoms with E-state index in [2.05, 4.69) is 34.4 Å². The first-order chi connectivity index (χ1) is 13.5. The highest BCUT2D eigenvalue weighted by Crippen LogP contribution is 2.17. The number of benzene rings is 2. The Balaban J connectivity index is 1.56. The van der Waals surface area contributed by atoms with E-state index in [4.69, 9.17) is 4.74 Å². The van der Waals surface area contributed by atoms with Crippen molar-refractivity contribution in [2.75, 3.05) is 17.7 Å². The third-order valence-electron chi connectivity index (χ3n) is 4.35. The summed E-state index contributed by atoms with van der Waals surface area (Å²) in [6.45, 7) is 4.87. The summed E-state index contributed by atoms with van der Waals surface area (Å²) in [4.78, 5) is 20.8. The third-order valence-corrected chi connectivity index (χ3v) is 4.35. The van der Waals surface area contributed by atoms with E-state index in [1.54, 1.807) is 13.3 Å². The van der Waals surface area contributed by atoms with Crippen molar-refractivity contribution in [3.63, 3.8) is 0 Å². The molecule has 0 bridgehead atoms. The van der Waals surface area contributed by atoms with E-state index >= 15 is 0 Å². The first kappa shape index (κ1) is 19.4. The van der Waals surface area contributed by atoms with Gasteiger partial charge in [-0.05, 0) is 41.3 Å². The lowest BCUT2D eigenvalue weighted by Gasteiger charge is -2.09. The number of rotatable bonds is 7. The minimum absolute atomic E-state index is 0.267. The molecule has 0 saturated carbocycles. The Kier molecular flexibility index (Phi) is 6.22. The topological polar surface area (TPSA) is 76.1 Å². The average Bonchev–Trinajstić information content (AvgIpc) is 2.73. The molecule has 6 heteroatoms. The normalized spacial score (nSPS) is 10.6. The van der Waals surface area contributed by atoms with Crippen LogP contribution in [0.2, 0.25) is 0 Å². The smallest absolute Gasteiger partial charge is 0.275 e. The standard InChI is InChI=1S/C22H24N4O2/c1-15(2)17-6-8-18(9-7-17)26-22(27)20-13-25-21(14-23-20)24-12-16-4-10-19(28-3)11-5-16/h4-11,13-15H,12H2,1-3H3,(H,24,25)(H,26,27). The quantitative estimate of drug-likeness (QED) is 0.636. The molecule has 0 aliphatic rings. The van der Waals surface area contributed by atoms with E-state index in [9.17, 15) is 4.79 Å². The van der Waals surface area contributed by atoms with E-state index in [1.807, 2.05) is 48.5 Å². The highest BCUT2D eigenvalue weighted by molar-refractivity contribution is 6.02. The Morgan fingerprint density at radius 3 is 2.29 bits per heavy atom. The van der Waals surface area contributed by atoms with Crippen LogP contribution in [0.4, 0.5) is 11.5 Å². The molecule has 0 aliphatic heterocycles. The lowest BCUT2D eigenvalue weighted by molar-refractivity contribution is 0.102. The molecule has 0 unspecified atom stereocenters. The average molecular weight is 376 g/mol. The van der Waals surface area contributed by atoms with Crippen molar-refractivity contribution >= 4 is 17.4 Å². The Morgan fingerprint density at radius 1 is 1.00 bits per heavy atom. The molecular weight excluding hydrogens is 352 g/mol. The Labute approximate surface area is 165 Å². The third kappa shape index (κ3) is 5.07. The fourth-order valence-corrected chi connectivity index (χ4v) is 2.62. The number of anilines is 2. The Hall–Kier alpha value is -3.41. The fourth-order valence-electron chi connectivity index (χ4n) is 2.62. The van der Waals surface area contributed by atoms with Gasteiger partial charge in [0.25, 0.3) is 5.91 Å². The van der Waals surface area contributed by atoms with Gasteiger partial charge in [-0.25, -0.2) is 9.97 Å². The molecule has 6 nitrogen and oxygen atoms in total. The van der Waals surface area contributed by atoms with Gasteiger partial charge in [0.1, 0.15) is 17.3 Å². The lowest BCUT2D eigenvalue weighted by Crippen LogP contribution is -2.14. The van der Waals surface area contributed by atoms with Crippen molar-refractivity contribution in [3.8, 4) is 5.75 Å². The maximum Gasteiger partial charge on any atom is 0.275 e. The zero-order valence-corrected chi connectivity index (χ0v) is 16.3. The molecule has 0 atom stereocenters. The molecule has 2 aromatic carbocycles. The maximum atomic E-state index is 12.3. The van der Waals surface area contributed by atoms with Crippen LogP contribution in [0.5, 0.6) is 5.75 Å². The second kappa shape index (κ2) is 8.99. The van der Waals surface area contributed by atoms with Crippen molar-refractivity contribution in [3.05, 3.63) is 77.7 Å². The van der Waals surface area contributed by atoms with Crippen LogP contribution in [0, 0.1) is 0 Å². The Morgan fingerprint density at radius 2 is 1.71 bits per heavy atom. The molecule has 0 radical (unpaired) electrons. The van der Waals surface area contributed by atoms with Gasteiger partial charge in [-0.1, -0.05) is 38.1 Å². The van der Waals surface area contributed by atoms with Gasteiger partial charge >= 0.3 is 0 Å². The number of amides is 1. The molecule has 0 fully saturated rings. The number of ether oxygens (including phenoxy) is 1. The molecule has 0 spiro atoms. The molecule has 144 valence electrons. The summed E-state index contributed by atoms with van der Waals surface area (Å²) in [6.07, 6.45) is 3.02. The zero-order valence-electron chi connectivity index (χ0n) is 16.3. The summed E-state index contributed by atoms with van der Waals surface area (Å²) >= 11 is 0. The van der Waals surface area contributed by atoms with Gasteiger partial charge in [0.15, 0.2) is 0 Å². The van der Waals surface area contributed by atoms with Gasteiger partial charge < -0.3 is 15.4 Å². The molecule has 1 heterocycles. The predicted octanol–water partition coefficient (Wildman–Crippen LogP) is 4.47. The molecule has 1 amide bonds.